The molecule has 0 saturated carbocycles. The van der Waals surface area contributed by atoms with Gasteiger partial charge < -0.3 is 34.3 Å². The highest BCUT2D eigenvalue weighted by molar-refractivity contribution is 6.31. The summed E-state index contributed by atoms with van der Waals surface area (Å²) < 4.78 is 17.3. The van der Waals surface area contributed by atoms with Crippen LogP contribution < -0.4 is 4.74 Å². The van der Waals surface area contributed by atoms with Crippen molar-refractivity contribution < 1.29 is 34.3 Å². The zero-order valence-corrected chi connectivity index (χ0v) is 17.8. The Labute approximate surface area is 185 Å². The van der Waals surface area contributed by atoms with Crippen LogP contribution in [0.4, 0.5) is 0 Å². The lowest BCUT2D eigenvalue weighted by molar-refractivity contribution is -0.313. The molecule has 166 valence electrons. The van der Waals surface area contributed by atoms with Crippen LogP contribution in [0.3, 0.4) is 0 Å². The van der Waals surface area contributed by atoms with Crippen molar-refractivity contribution in [1.29, 1.82) is 0 Å². The molecule has 2 saturated heterocycles. The van der Waals surface area contributed by atoms with Gasteiger partial charge in [-0.25, -0.2) is 0 Å². The molecule has 2 heterocycles. The second-order valence-electron chi connectivity index (χ2n) is 7.94. The lowest BCUT2D eigenvalue weighted by atomic mass is 9.78. The summed E-state index contributed by atoms with van der Waals surface area (Å²) in [5.74, 6) is -2.08. The molecule has 7 nitrogen and oxygen atoms in total. The van der Waals surface area contributed by atoms with Crippen molar-refractivity contribution in [2.45, 2.75) is 36.9 Å². The minimum Gasteiger partial charge on any atom is -0.494 e. The molecule has 2 aliphatic heterocycles. The summed E-state index contributed by atoms with van der Waals surface area (Å²) in [6.45, 7) is 1.79. The van der Waals surface area contributed by atoms with Crippen LogP contribution in [0.1, 0.15) is 23.6 Å². The molecule has 2 aliphatic rings. The van der Waals surface area contributed by atoms with E-state index in [0.717, 1.165) is 16.9 Å². The van der Waals surface area contributed by atoms with Crippen LogP contribution in [-0.2, 0) is 26.5 Å². The number of aliphatic hydroxyl groups is 3. The Bertz CT molecular complexity index is 949. The Hall–Kier alpha value is -2.00. The molecule has 3 N–H and O–H groups in total. The Balaban J connectivity index is 1.68. The zero-order valence-electron chi connectivity index (χ0n) is 17.0. The first-order valence-electron chi connectivity index (χ1n) is 10.2. The minimum atomic E-state index is -1.69. The summed E-state index contributed by atoms with van der Waals surface area (Å²) in [5.41, 5.74) is 0.745. The van der Waals surface area contributed by atoms with Gasteiger partial charge in [0, 0.05) is 10.6 Å². The van der Waals surface area contributed by atoms with Crippen LogP contribution in [0.15, 0.2) is 42.5 Å². The van der Waals surface area contributed by atoms with Gasteiger partial charge >= 0.3 is 0 Å². The van der Waals surface area contributed by atoms with Gasteiger partial charge in [-0.3, -0.25) is 0 Å². The van der Waals surface area contributed by atoms with Gasteiger partial charge in [0.1, 0.15) is 23.7 Å². The fraction of sp³-hybridized carbons (Fsp3) is 0.435. The molecule has 2 aromatic rings. The van der Waals surface area contributed by atoms with Gasteiger partial charge in [-0.15, -0.1) is 0 Å². The van der Waals surface area contributed by atoms with Crippen molar-refractivity contribution >= 4 is 17.9 Å². The SMILES string of the molecule is CCOc1ccc(Cc2cc([C@]34OC[C@](CO)(O3)[C@@H](O)[C@H](C=O)[C@H]4O)ccc2Cl)cc1. The molecule has 8 heteroatoms. The second-order valence-corrected chi connectivity index (χ2v) is 8.35. The maximum absolute atomic E-state index is 11.6. The topological polar surface area (TPSA) is 105 Å². The number of benzene rings is 2. The van der Waals surface area contributed by atoms with Gasteiger partial charge in [-0.1, -0.05) is 29.8 Å². The first-order chi connectivity index (χ1) is 14.9. The van der Waals surface area contributed by atoms with Gasteiger partial charge in [0.15, 0.2) is 0 Å². The zero-order chi connectivity index (χ0) is 22.2. The minimum absolute atomic E-state index is 0.164. The Kier molecular flexibility index (Phi) is 6.09. The van der Waals surface area contributed by atoms with Crippen LogP contribution >= 0.6 is 11.6 Å². The third-order valence-corrected chi connectivity index (χ3v) is 6.41. The second kappa shape index (κ2) is 8.50. The van der Waals surface area contributed by atoms with E-state index in [4.69, 9.17) is 25.8 Å². The summed E-state index contributed by atoms with van der Waals surface area (Å²) in [4.78, 5) is 11.6. The quantitative estimate of drug-likeness (QED) is 0.555. The molecule has 5 atom stereocenters. The van der Waals surface area contributed by atoms with Gasteiger partial charge in [-0.05, 0) is 48.7 Å². The van der Waals surface area contributed by atoms with Crippen LogP contribution in [0.2, 0.25) is 5.02 Å². The van der Waals surface area contributed by atoms with Crippen LogP contribution in [0, 0.1) is 5.92 Å². The molecule has 0 aliphatic carbocycles. The van der Waals surface area contributed by atoms with Crippen LogP contribution in [-0.4, -0.2) is 59.2 Å². The lowest BCUT2D eigenvalue weighted by Crippen LogP contribution is -2.63. The molecule has 0 radical (unpaired) electrons. The molecule has 0 unspecified atom stereocenters. The Morgan fingerprint density at radius 2 is 1.94 bits per heavy atom. The number of carbonyl (C=O) groups is 1. The average molecular weight is 449 g/mol. The normalized spacial score (nSPS) is 32.1. The standard InChI is InChI=1S/C23H25ClO7/c1-2-29-17-6-3-14(4-7-17)9-15-10-16(5-8-19(15)24)23-21(28)18(11-25)20(27)22(12-26,31-23)13-30-23/h3-8,10-11,18,20-21,26-28H,2,9,12-13H2,1H3/t18-,20-,21+,22-,23-/m0/s1. The molecule has 4 rings (SSSR count). The summed E-state index contributed by atoms with van der Waals surface area (Å²) >= 11 is 6.43. The van der Waals surface area contributed by atoms with E-state index < -0.39 is 36.1 Å². The number of aliphatic hydroxyl groups excluding tert-OH is 3. The predicted octanol–water partition coefficient (Wildman–Crippen LogP) is 1.81. The molecule has 0 amide bonds. The maximum Gasteiger partial charge on any atom is 0.223 e. The number of aldehydes is 1. The number of fused-ring (bicyclic) bond motifs is 2. The number of hydrogen-bond donors (Lipinski definition) is 3. The van der Waals surface area contributed by atoms with Gasteiger partial charge in [0.2, 0.25) is 5.79 Å². The molecular weight excluding hydrogens is 424 g/mol. The highest BCUT2D eigenvalue weighted by atomic mass is 35.5. The molecule has 2 fully saturated rings. The summed E-state index contributed by atoms with van der Waals surface area (Å²) in [5, 5.41) is 31.8. The molecular formula is C23H25ClO7. The third kappa shape index (κ3) is 3.65. The largest absolute Gasteiger partial charge is 0.494 e. The highest BCUT2D eigenvalue weighted by Gasteiger charge is 2.67. The predicted molar refractivity (Wildman–Crippen MR) is 112 cm³/mol. The van der Waals surface area contributed by atoms with E-state index in [2.05, 4.69) is 0 Å². The number of rotatable bonds is 7. The maximum atomic E-state index is 11.6. The summed E-state index contributed by atoms with van der Waals surface area (Å²) in [6, 6.07) is 12.7. The highest BCUT2D eigenvalue weighted by Crippen LogP contribution is 2.51. The van der Waals surface area contributed by atoms with E-state index in [1.165, 1.54) is 0 Å². The number of ether oxygens (including phenoxy) is 3. The van der Waals surface area contributed by atoms with Crippen LogP contribution in [0.5, 0.6) is 5.75 Å². The van der Waals surface area contributed by atoms with Gasteiger partial charge in [0.05, 0.1) is 31.8 Å². The monoisotopic (exact) mass is 448 g/mol. The van der Waals surface area contributed by atoms with Crippen molar-refractivity contribution in [3.05, 3.63) is 64.2 Å². The average Bonchev–Trinajstić information content (AvgIpc) is 3.16. The fourth-order valence-corrected chi connectivity index (χ4v) is 4.49. The molecule has 2 aromatic carbocycles. The van der Waals surface area contributed by atoms with E-state index in [1.54, 1.807) is 18.2 Å². The van der Waals surface area contributed by atoms with Crippen molar-refractivity contribution in [3.8, 4) is 5.75 Å². The smallest absolute Gasteiger partial charge is 0.223 e. The van der Waals surface area contributed by atoms with Crippen molar-refractivity contribution in [1.82, 2.24) is 0 Å². The van der Waals surface area contributed by atoms with Crippen molar-refractivity contribution in [3.63, 3.8) is 0 Å². The van der Waals surface area contributed by atoms with Crippen LogP contribution in [0.25, 0.3) is 0 Å². The Morgan fingerprint density at radius 3 is 2.58 bits per heavy atom. The van der Waals surface area contributed by atoms with Crippen molar-refractivity contribution in [2.24, 2.45) is 5.92 Å². The molecule has 2 bridgehead atoms. The van der Waals surface area contributed by atoms with E-state index >= 15 is 0 Å². The van der Waals surface area contributed by atoms with Crippen molar-refractivity contribution in [2.75, 3.05) is 19.8 Å². The van der Waals surface area contributed by atoms with Gasteiger partial charge in [0.25, 0.3) is 0 Å². The number of carbonyl (C=O) groups excluding carboxylic acids is 1. The molecule has 31 heavy (non-hydrogen) atoms. The lowest BCUT2D eigenvalue weighted by Gasteiger charge is -2.46. The van der Waals surface area contributed by atoms with E-state index in [-0.39, 0.29) is 6.61 Å². The molecule has 0 spiro atoms. The summed E-state index contributed by atoms with van der Waals surface area (Å²) in [6.07, 6.45) is -1.86. The molecule has 0 aromatic heterocycles. The Morgan fingerprint density at radius 1 is 1.19 bits per heavy atom. The summed E-state index contributed by atoms with van der Waals surface area (Å²) in [7, 11) is 0. The van der Waals surface area contributed by atoms with E-state index in [1.807, 2.05) is 31.2 Å². The third-order valence-electron chi connectivity index (χ3n) is 6.05. The van der Waals surface area contributed by atoms with E-state index in [0.29, 0.717) is 29.9 Å². The van der Waals surface area contributed by atoms with E-state index in [9.17, 15) is 20.1 Å². The first-order valence-corrected chi connectivity index (χ1v) is 10.5. The number of hydrogen-bond acceptors (Lipinski definition) is 7. The van der Waals surface area contributed by atoms with Gasteiger partial charge in [-0.2, -0.15) is 0 Å². The first kappa shape index (κ1) is 22.2. The number of halogens is 1. The fourth-order valence-electron chi connectivity index (χ4n) is 4.31.